The van der Waals surface area contributed by atoms with Gasteiger partial charge in [-0.2, -0.15) is 0 Å². The van der Waals surface area contributed by atoms with Crippen molar-refractivity contribution >= 4 is 35.0 Å². The van der Waals surface area contributed by atoms with Crippen LogP contribution in [0.5, 0.6) is 0 Å². The second kappa shape index (κ2) is 8.22. The van der Waals surface area contributed by atoms with Gasteiger partial charge in [-0.25, -0.2) is 0 Å². The molecule has 0 spiro atoms. The maximum Gasteiger partial charge on any atom is 0.256 e. The molecule has 7 nitrogen and oxygen atoms in total. The normalized spacial score (nSPS) is 19.6. The van der Waals surface area contributed by atoms with Crippen LogP contribution >= 0.6 is 11.6 Å². The first kappa shape index (κ1) is 22.3. The zero-order chi connectivity index (χ0) is 23.2. The summed E-state index contributed by atoms with van der Waals surface area (Å²) in [5, 5.41) is 3.50. The number of rotatable bonds is 2. The molecule has 1 fully saturated rings. The van der Waals surface area contributed by atoms with E-state index in [-0.39, 0.29) is 30.8 Å². The fourth-order valence-corrected chi connectivity index (χ4v) is 4.17. The van der Waals surface area contributed by atoms with Crippen molar-refractivity contribution in [2.24, 2.45) is 11.1 Å². The summed E-state index contributed by atoms with van der Waals surface area (Å²) < 4.78 is 0. The summed E-state index contributed by atoms with van der Waals surface area (Å²) in [5.41, 5.74) is 8.43. The molecule has 0 bridgehead atoms. The standard InChI is InChI=1S/C24H27ClN4O3/c1-24(2,3)20(26)23(32)28-10-11-29-19(13-28)21(30)27-18-9-6-15(12-17(18)22(29)31)14-4-7-16(25)8-5-14/h4-9,12,19-20H,10-11,13,26H2,1-3H3,(H,27,30)/t19?,20-/m0/s1. The van der Waals surface area contributed by atoms with Crippen LogP contribution in [0.25, 0.3) is 11.1 Å². The number of amides is 3. The lowest BCUT2D eigenvalue weighted by Gasteiger charge is -2.41. The van der Waals surface area contributed by atoms with Crippen molar-refractivity contribution in [1.29, 1.82) is 0 Å². The van der Waals surface area contributed by atoms with Crippen molar-refractivity contribution < 1.29 is 14.4 Å². The molecule has 0 radical (unpaired) electrons. The topological polar surface area (TPSA) is 95.7 Å². The van der Waals surface area contributed by atoms with Crippen LogP contribution in [0, 0.1) is 5.41 Å². The van der Waals surface area contributed by atoms with Gasteiger partial charge in [0.15, 0.2) is 0 Å². The predicted octanol–water partition coefficient (Wildman–Crippen LogP) is 2.99. The summed E-state index contributed by atoms with van der Waals surface area (Å²) in [4.78, 5) is 42.4. The van der Waals surface area contributed by atoms with E-state index < -0.39 is 17.5 Å². The fraction of sp³-hybridized carbons (Fsp3) is 0.375. The zero-order valence-corrected chi connectivity index (χ0v) is 19.1. The molecule has 0 aliphatic carbocycles. The highest BCUT2D eigenvalue weighted by Gasteiger charge is 2.42. The molecule has 3 N–H and O–H groups in total. The van der Waals surface area contributed by atoms with E-state index in [1.54, 1.807) is 34.1 Å². The molecule has 168 valence electrons. The molecule has 0 saturated carbocycles. The number of halogens is 1. The highest BCUT2D eigenvalue weighted by atomic mass is 35.5. The smallest absolute Gasteiger partial charge is 0.256 e. The van der Waals surface area contributed by atoms with Crippen LogP contribution < -0.4 is 11.1 Å². The van der Waals surface area contributed by atoms with Gasteiger partial charge in [0.2, 0.25) is 11.8 Å². The average Bonchev–Trinajstić information content (AvgIpc) is 2.86. The van der Waals surface area contributed by atoms with E-state index in [4.69, 9.17) is 17.3 Å². The van der Waals surface area contributed by atoms with E-state index >= 15 is 0 Å². The van der Waals surface area contributed by atoms with Crippen molar-refractivity contribution in [3.63, 3.8) is 0 Å². The monoisotopic (exact) mass is 454 g/mol. The van der Waals surface area contributed by atoms with Crippen molar-refractivity contribution in [2.45, 2.75) is 32.9 Å². The van der Waals surface area contributed by atoms with Gasteiger partial charge in [-0.05, 0) is 40.8 Å². The molecule has 4 rings (SSSR count). The summed E-state index contributed by atoms with van der Waals surface area (Å²) in [6.45, 7) is 6.44. The Morgan fingerprint density at radius 1 is 1.09 bits per heavy atom. The minimum atomic E-state index is -0.765. The number of nitrogens with two attached hydrogens (primary N) is 1. The first-order chi connectivity index (χ1) is 15.1. The van der Waals surface area contributed by atoms with Gasteiger partial charge >= 0.3 is 0 Å². The van der Waals surface area contributed by atoms with E-state index in [1.807, 2.05) is 39.0 Å². The van der Waals surface area contributed by atoms with Crippen LogP contribution in [-0.2, 0) is 9.59 Å². The zero-order valence-electron chi connectivity index (χ0n) is 18.4. The van der Waals surface area contributed by atoms with Gasteiger partial charge in [0.05, 0.1) is 23.8 Å². The third kappa shape index (κ3) is 4.10. The number of fused-ring (bicyclic) bond motifs is 2. The van der Waals surface area contributed by atoms with Gasteiger partial charge in [-0.15, -0.1) is 0 Å². The van der Waals surface area contributed by atoms with Crippen LogP contribution in [-0.4, -0.2) is 59.2 Å². The number of piperazine rings is 1. The Labute approximate surface area is 192 Å². The Morgan fingerprint density at radius 3 is 2.41 bits per heavy atom. The maximum atomic E-state index is 13.4. The van der Waals surface area contributed by atoms with Crippen LogP contribution in [0.15, 0.2) is 42.5 Å². The fourth-order valence-electron chi connectivity index (χ4n) is 4.04. The molecule has 2 atom stereocenters. The van der Waals surface area contributed by atoms with Gasteiger partial charge in [0.1, 0.15) is 6.04 Å². The van der Waals surface area contributed by atoms with Gasteiger partial charge in [0, 0.05) is 18.1 Å². The molecule has 32 heavy (non-hydrogen) atoms. The van der Waals surface area contributed by atoms with Crippen molar-refractivity contribution in [3.05, 3.63) is 53.1 Å². The van der Waals surface area contributed by atoms with E-state index in [0.717, 1.165) is 11.1 Å². The molecule has 1 saturated heterocycles. The van der Waals surface area contributed by atoms with Crippen molar-refractivity contribution in [3.8, 4) is 11.1 Å². The number of anilines is 1. The highest BCUT2D eigenvalue weighted by Crippen LogP contribution is 2.31. The van der Waals surface area contributed by atoms with Gasteiger partial charge in [-0.3, -0.25) is 14.4 Å². The first-order valence-corrected chi connectivity index (χ1v) is 11.0. The molecule has 2 aromatic rings. The number of carbonyl (C=O) groups excluding carboxylic acids is 3. The summed E-state index contributed by atoms with van der Waals surface area (Å²) in [5.74, 6) is -0.742. The Hall–Kier alpha value is -2.90. The minimum Gasteiger partial charge on any atom is -0.337 e. The summed E-state index contributed by atoms with van der Waals surface area (Å²) in [7, 11) is 0. The van der Waals surface area contributed by atoms with Gasteiger partial charge < -0.3 is 20.9 Å². The number of carbonyl (C=O) groups is 3. The highest BCUT2D eigenvalue weighted by molar-refractivity contribution is 6.30. The second-order valence-corrected chi connectivity index (χ2v) is 9.84. The van der Waals surface area contributed by atoms with E-state index in [0.29, 0.717) is 22.8 Å². The van der Waals surface area contributed by atoms with Crippen molar-refractivity contribution in [1.82, 2.24) is 9.80 Å². The number of hydrogen-bond donors (Lipinski definition) is 2. The molecular formula is C24H27ClN4O3. The Morgan fingerprint density at radius 2 is 1.75 bits per heavy atom. The number of hydrogen-bond acceptors (Lipinski definition) is 4. The third-order valence-electron chi connectivity index (χ3n) is 6.14. The SMILES string of the molecule is CC(C)(C)[C@@H](N)C(=O)N1CCN2C(=O)c3cc(-c4ccc(Cl)cc4)ccc3NC(=O)C2C1. The van der Waals surface area contributed by atoms with E-state index in [2.05, 4.69) is 5.32 Å². The summed E-state index contributed by atoms with van der Waals surface area (Å²) in [6.07, 6.45) is 0. The van der Waals surface area contributed by atoms with Crippen LogP contribution in [0.4, 0.5) is 5.69 Å². The largest absolute Gasteiger partial charge is 0.337 e. The molecule has 0 aromatic heterocycles. The van der Waals surface area contributed by atoms with Crippen molar-refractivity contribution in [2.75, 3.05) is 25.0 Å². The lowest BCUT2D eigenvalue weighted by atomic mass is 9.86. The Bertz CT molecular complexity index is 1080. The second-order valence-electron chi connectivity index (χ2n) is 9.40. The van der Waals surface area contributed by atoms with Gasteiger partial charge in [-0.1, -0.05) is 50.6 Å². The maximum absolute atomic E-state index is 13.4. The molecule has 3 amide bonds. The lowest BCUT2D eigenvalue weighted by molar-refractivity contribution is -0.139. The lowest BCUT2D eigenvalue weighted by Crippen LogP contribution is -2.62. The van der Waals surface area contributed by atoms with Crippen LogP contribution in [0.2, 0.25) is 5.02 Å². The van der Waals surface area contributed by atoms with Crippen LogP contribution in [0.1, 0.15) is 31.1 Å². The number of nitrogens with one attached hydrogen (secondary N) is 1. The third-order valence-corrected chi connectivity index (χ3v) is 6.39. The first-order valence-electron chi connectivity index (χ1n) is 10.6. The Balaban J connectivity index is 1.61. The number of nitrogens with zero attached hydrogens (tertiary/aromatic N) is 2. The molecule has 2 aliphatic rings. The molecule has 2 heterocycles. The predicted molar refractivity (Wildman–Crippen MR) is 124 cm³/mol. The Kier molecular flexibility index (Phi) is 5.73. The summed E-state index contributed by atoms with van der Waals surface area (Å²) >= 11 is 5.99. The van der Waals surface area contributed by atoms with E-state index in [1.165, 1.54) is 0 Å². The van der Waals surface area contributed by atoms with Crippen LogP contribution in [0.3, 0.4) is 0 Å². The summed E-state index contributed by atoms with van der Waals surface area (Å²) in [6, 6.07) is 11.3. The quantitative estimate of drug-likeness (QED) is 0.729. The molecular weight excluding hydrogens is 428 g/mol. The molecule has 2 aromatic carbocycles. The van der Waals surface area contributed by atoms with Gasteiger partial charge in [0.25, 0.3) is 5.91 Å². The number of benzene rings is 2. The minimum absolute atomic E-state index is 0.123. The molecule has 8 heteroatoms. The average molecular weight is 455 g/mol. The molecule has 2 aliphatic heterocycles. The molecule has 1 unspecified atom stereocenters. The van der Waals surface area contributed by atoms with E-state index in [9.17, 15) is 14.4 Å².